The van der Waals surface area contributed by atoms with E-state index in [4.69, 9.17) is 23.2 Å². The molecule has 0 unspecified atom stereocenters. The van der Waals surface area contributed by atoms with E-state index in [1.54, 1.807) is 12.1 Å². The Morgan fingerprint density at radius 1 is 0.600 bits per heavy atom. The molecule has 25 heavy (non-hydrogen) atoms. The number of phenols is 1. The highest BCUT2D eigenvalue weighted by Crippen LogP contribution is 2.45. The molecule has 0 aliphatic carbocycles. The van der Waals surface area contributed by atoms with Crippen molar-refractivity contribution in [1.82, 2.24) is 0 Å². The van der Waals surface area contributed by atoms with Crippen LogP contribution in [0.3, 0.4) is 0 Å². The second-order valence-electron chi connectivity index (χ2n) is 5.87. The maximum Gasteiger partial charge on any atom is 0.124 e. The topological polar surface area (TPSA) is 20.2 Å². The molecular formula is C22H14Cl2O. The van der Waals surface area contributed by atoms with Crippen LogP contribution in [0.1, 0.15) is 0 Å². The summed E-state index contributed by atoms with van der Waals surface area (Å²) in [5, 5.41) is 13.6. The lowest BCUT2D eigenvalue weighted by molar-refractivity contribution is 0.478. The van der Waals surface area contributed by atoms with Gasteiger partial charge < -0.3 is 5.11 Å². The molecule has 0 amide bonds. The van der Waals surface area contributed by atoms with E-state index < -0.39 is 0 Å². The molecular weight excluding hydrogens is 351 g/mol. The first kappa shape index (κ1) is 16.0. The predicted octanol–water partition coefficient (Wildman–Crippen LogP) is 7.19. The first-order valence-corrected chi connectivity index (χ1v) is 8.66. The summed E-state index contributed by atoms with van der Waals surface area (Å²) in [6, 6.07) is 25.3. The van der Waals surface area contributed by atoms with E-state index >= 15 is 0 Å². The van der Waals surface area contributed by atoms with Gasteiger partial charge in [0.25, 0.3) is 0 Å². The molecule has 0 heterocycles. The van der Waals surface area contributed by atoms with Gasteiger partial charge >= 0.3 is 0 Å². The molecule has 0 spiro atoms. The van der Waals surface area contributed by atoms with Crippen molar-refractivity contribution in [1.29, 1.82) is 0 Å². The Hall–Kier alpha value is -2.48. The summed E-state index contributed by atoms with van der Waals surface area (Å²) < 4.78 is 0. The van der Waals surface area contributed by atoms with E-state index in [1.807, 2.05) is 66.7 Å². The van der Waals surface area contributed by atoms with Gasteiger partial charge in [-0.2, -0.15) is 0 Å². The quantitative estimate of drug-likeness (QED) is 0.399. The Kier molecular flexibility index (Phi) is 4.12. The van der Waals surface area contributed by atoms with E-state index in [1.165, 1.54) is 0 Å². The molecule has 4 rings (SSSR count). The van der Waals surface area contributed by atoms with Gasteiger partial charge in [0.15, 0.2) is 0 Å². The SMILES string of the molecule is Oc1cc2cc(Cl)c(Cl)cc2c(-c2ccccc2)c1-c1ccccc1. The Labute approximate surface area is 156 Å². The van der Waals surface area contributed by atoms with Gasteiger partial charge in [0.05, 0.1) is 10.0 Å². The van der Waals surface area contributed by atoms with Crippen LogP contribution in [0.4, 0.5) is 0 Å². The fourth-order valence-electron chi connectivity index (χ4n) is 3.18. The van der Waals surface area contributed by atoms with Crippen molar-refractivity contribution in [2.45, 2.75) is 0 Å². The third-order valence-electron chi connectivity index (χ3n) is 4.29. The summed E-state index contributed by atoms with van der Waals surface area (Å²) >= 11 is 12.5. The Morgan fingerprint density at radius 3 is 1.72 bits per heavy atom. The van der Waals surface area contributed by atoms with Gasteiger partial charge in [-0.15, -0.1) is 0 Å². The number of hydrogen-bond donors (Lipinski definition) is 1. The van der Waals surface area contributed by atoms with Crippen LogP contribution < -0.4 is 0 Å². The van der Waals surface area contributed by atoms with Crippen molar-refractivity contribution in [2.24, 2.45) is 0 Å². The zero-order valence-corrected chi connectivity index (χ0v) is 14.7. The van der Waals surface area contributed by atoms with Crippen molar-refractivity contribution in [3.05, 3.63) is 88.9 Å². The van der Waals surface area contributed by atoms with Crippen LogP contribution in [0.5, 0.6) is 5.75 Å². The van der Waals surface area contributed by atoms with Crippen LogP contribution in [0, 0.1) is 0 Å². The minimum Gasteiger partial charge on any atom is -0.507 e. The summed E-state index contributed by atoms with van der Waals surface area (Å²) in [4.78, 5) is 0. The molecule has 0 aliphatic heterocycles. The van der Waals surface area contributed by atoms with Crippen LogP contribution in [-0.4, -0.2) is 5.11 Å². The van der Waals surface area contributed by atoms with Gasteiger partial charge in [-0.1, -0.05) is 83.9 Å². The van der Waals surface area contributed by atoms with Crippen molar-refractivity contribution >= 4 is 34.0 Å². The van der Waals surface area contributed by atoms with Crippen molar-refractivity contribution in [3.63, 3.8) is 0 Å². The Morgan fingerprint density at radius 2 is 1.12 bits per heavy atom. The minimum atomic E-state index is 0.218. The van der Waals surface area contributed by atoms with Crippen LogP contribution in [0.25, 0.3) is 33.0 Å². The molecule has 4 aromatic carbocycles. The minimum absolute atomic E-state index is 0.218. The normalized spacial score (nSPS) is 11.0. The number of rotatable bonds is 2. The van der Waals surface area contributed by atoms with Crippen LogP contribution >= 0.6 is 23.2 Å². The van der Waals surface area contributed by atoms with Crippen LogP contribution in [0.15, 0.2) is 78.9 Å². The zero-order valence-electron chi connectivity index (χ0n) is 13.2. The molecule has 0 radical (unpaired) electrons. The van der Waals surface area contributed by atoms with Crippen LogP contribution in [0.2, 0.25) is 10.0 Å². The third kappa shape index (κ3) is 2.86. The van der Waals surface area contributed by atoms with E-state index in [-0.39, 0.29) is 5.75 Å². The molecule has 4 aromatic rings. The average molecular weight is 365 g/mol. The second-order valence-corrected chi connectivity index (χ2v) is 6.68. The maximum atomic E-state index is 10.8. The summed E-state index contributed by atoms with van der Waals surface area (Å²) in [5.41, 5.74) is 3.70. The maximum absolute atomic E-state index is 10.8. The van der Waals surface area contributed by atoms with Gasteiger partial charge in [-0.25, -0.2) is 0 Å². The standard InChI is InChI=1S/C22H14Cl2O/c23-18-11-16-12-20(25)22(15-9-5-2-6-10-15)21(17(16)13-19(18)24)14-7-3-1-4-8-14/h1-13,25H. The highest BCUT2D eigenvalue weighted by atomic mass is 35.5. The van der Waals surface area contributed by atoms with Crippen molar-refractivity contribution in [3.8, 4) is 28.0 Å². The van der Waals surface area contributed by atoms with Crippen molar-refractivity contribution < 1.29 is 5.11 Å². The predicted molar refractivity (Wildman–Crippen MR) is 107 cm³/mol. The lowest BCUT2D eigenvalue weighted by Crippen LogP contribution is -1.90. The smallest absolute Gasteiger partial charge is 0.124 e. The molecule has 0 atom stereocenters. The molecule has 1 N–H and O–H groups in total. The van der Waals surface area contributed by atoms with Gasteiger partial charge in [-0.05, 0) is 40.1 Å². The highest BCUT2D eigenvalue weighted by Gasteiger charge is 2.17. The largest absolute Gasteiger partial charge is 0.507 e. The first-order valence-electron chi connectivity index (χ1n) is 7.90. The fraction of sp³-hybridized carbons (Fsp3) is 0. The highest BCUT2D eigenvalue weighted by molar-refractivity contribution is 6.43. The number of halogens is 2. The first-order chi connectivity index (χ1) is 12.1. The molecule has 0 saturated carbocycles. The molecule has 122 valence electrons. The van der Waals surface area contributed by atoms with E-state index in [0.717, 1.165) is 33.0 Å². The second kappa shape index (κ2) is 6.44. The monoisotopic (exact) mass is 364 g/mol. The average Bonchev–Trinajstić information content (AvgIpc) is 2.64. The van der Waals surface area contributed by atoms with Gasteiger partial charge in [0.2, 0.25) is 0 Å². The lowest BCUT2D eigenvalue weighted by Gasteiger charge is -2.16. The van der Waals surface area contributed by atoms with Crippen LogP contribution in [-0.2, 0) is 0 Å². The Balaban J connectivity index is 2.18. The number of benzene rings is 4. The summed E-state index contributed by atoms with van der Waals surface area (Å²) in [5.74, 6) is 0.218. The molecule has 0 fully saturated rings. The molecule has 1 nitrogen and oxygen atoms in total. The number of phenolic OH excluding ortho intramolecular Hbond substituents is 1. The molecule has 0 aliphatic rings. The van der Waals surface area contributed by atoms with E-state index in [2.05, 4.69) is 0 Å². The Bertz CT molecular complexity index is 1060. The summed E-state index contributed by atoms with van der Waals surface area (Å²) in [6.45, 7) is 0. The van der Waals surface area contributed by atoms with E-state index in [0.29, 0.717) is 10.0 Å². The molecule has 0 aromatic heterocycles. The number of aromatic hydroxyl groups is 1. The molecule has 3 heteroatoms. The number of fused-ring (bicyclic) bond motifs is 1. The summed E-state index contributed by atoms with van der Waals surface area (Å²) in [6.07, 6.45) is 0. The number of hydrogen-bond acceptors (Lipinski definition) is 1. The van der Waals surface area contributed by atoms with Crippen molar-refractivity contribution in [2.75, 3.05) is 0 Å². The zero-order chi connectivity index (χ0) is 17.4. The van der Waals surface area contributed by atoms with Gasteiger partial charge in [0, 0.05) is 11.1 Å². The third-order valence-corrected chi connectivity index (χ3v) is 5.01. The summed E-state index contributed by atoms with van der Waals surface area (Å²) in [7, 11) is 0. The van der Waals surface area contributed by atoms with Gasteiger partial charge in [0.1, 0.15) is 5.75 Å². The molecule has 0 bridgehead atoms. The lowest BCUT2D eigenvalue weighted by atomic mass is 9.89. The fourth-order valence-corrected chi connectivity index (χ4v) is 3.52. The van der Waals surface area contributed by atoms with E-state index in [9.17, 15) is 5.11 Å². The van der Waals surface area contributed by atoms with Gasteiger partial charge in [-0.3, -0.25) is 0 Å². The molecule has 0 saturated heterocycles.